The van der Waals surface area contributed by atoms with Gasteiger partial charge in [0.05, 0.1) is 11.0 Å². The van der Waals surface area contributed by atoms with Crippen molar-refractivity contribution in [3.63, 3.8) is 0 Å². The van der Waals surface area contributed by atoms with Crippen LogP contribution in [0.15, 0.2) is 6.07 Å². The minimum Gasteiger partial charge on any atom is -0.393 e. The number of fused-ring (bicyclic) bond motifs is 1. The molecule has 1 saturated heterocycles. The van der Waals surface area contributed by atoms with E-state index < -0.39 is 0 Å². The fourth-order valence-electron chi connectivity index (χ4n) is 3.25. The molecule has 1 aromatic rings. The third-order valence-electron chi connectivity index (χ3n) is 4.60. The summed E-state index contributed by atoms with van der Waals surface area (Å²) in [6.07, 6.45) is 6.55. The topological polar surface area (TPSA) is 40.5 Å². The maximum absolute atomic E-state index is 12.6. The van der Waals surface area contributed by atoms with Crippen LogP contribution in [-0.4, -0.2) is 35.1 Å². The molecule has 1 aliphatic heterocycles. The second kappa shape index (κ2) is 5.86. The number of aliphatic hydroxyl groups excluding tert-OH is 1. The summed E-state index contributed by atoms with van der Waals surface area (Å²) in [5.41, 5.74) is 1.40. The number of amides is 1. The summed E-state index contributed by atoms with van der Waals surface area (Å²) in [6.45, 7) is 3.39. The zero-order chi connectivity index (χ0) is 14.1. The third kappa shape index (κ3) is 2.77. The zero-order valence-corrected chi connectivity index (χ0v) is 12.9. The minimum absolute atomic E-state index is 0.168. The highest BCUT2D eigenvalue weighted by molar-refractivity contribution is 7.14. The lowest BCUT2D eigenvalue weighted by Crippen LogP contribution is -2.44. The van der Waals surface area contributed by atoms with Crippen LogP contribution < -0.4 is 0 Å². The van der Waals surface area contributed by atoms with Crippen LogP contribution in [0.1, 0.15) is 52.7 Å². The van der Waals surface area contributed by atoms with Gasteiger partial charge in [0.25, 0.3) is 5.91 Å². The lowest BCUT2D eigenvalue weighted by Gasteiger charge is -2.34. The number of likely N-dealkylation sites (tertiary alicyclic amines) is 1. The van der Waals surface area contributed by atoms with Crippen molar-refractivity contribution in [3.05, 3.63) is 21.4 Å². The van der Waals surface area contributed by atoms with Crippen molar-refractivity contribution in [2.75, 3.05) is 13.1 Å². The average molecular weight is 293 g/mol. The van der Waals surface area contributed by atoms with Crippen molar-refractivity contribution >= 4 is 17.2 Å². The first kappa shape index (κ1) is 14.1. The highest BCUT2D eigenvalue weighted by Gasteiger charge is 2.29. The number of piperidine rings is 1. The van der Waals surface area contributed by atoms with Crippen molar-refractivity contribution < 1.29 is 9.90 Å². The van der Waals surface area contributed by atoms with E-state index in [4.69, 9.17) is 0 Å². The van der Waals surface area contributed by atoms with Crippen LogP contribution in [0.3, 0.4) is 0 Å². The summed E-state index contributed by atoms with van der Waals surface area (Å²) >= 11 is 1.70. The van der Waals surface area contributed by atoms with Gasteiger partial charge in [-0.15, -0.1) is 11.3 Å². The second-order valence-corrected chi connectivity index (χ2v) is 7.34. The molecule has 20 heavy (non-hydrogen) atoms. The molecule has 3 rings (SSSR count). The van der Waals surface area contributed by atoms with Crippen LogP contribution in [0.5, 0.6) is 0 Å². The van der Waals surface area contributed by atoms with Crippen molar-refractivity contribution in [3.8, 4) is 0 Å². The van der Waals surface area contributed by atoms with E-state index in [1.807, 2.05) is 11.8 Å². The van der Waals surface area contributed by atoms with E-state index in [2.05, 4.69) is 6.07 Å². The molecule has 3 nitrogen and oxygen atoms in total. The van der Waals surface area contributed by atoms with Crippen LogP contribution in [-0.2, 0) is 12.8 Å². The van der Waals surface area contributed by atoms with Gasteiger partial charge in [-0.05, 0) is 49.7 Å². The van der Waals surface area contributed by atoms with Crippen LogP contribution >= 0.6 is 11.3 Å². The number of aryl methyl sites for hydroxylation is 2. The smallest absolute Gasteiger partial charge is 0.263 e. The van der Waals surface area contributed by atoms with Crippen LogP contribution in [0.4, 0.5) is 0 Å². The molecule has 2 aliphatic rings. The Hall–Kier alpha value is -0.870. The van der Waals surface area contributed by atoms with Gasteiger partial charge in [0.15, 0.2) is 0 Å². The number of rotatable bonds is 1. The average Bonchev–Trinajstić information content (AvgIpc) is 2.72. The van der Waals surface area contributed by atoms with Gasteiger partial charge in [0, 0.05) is 18.0 Å². The van der Waals surface area contributed by atoms with Crippen LogP contribution in [0.25, 0.3) is 0 Å². The molecule has 4 heteroatoms. The molecule has 1 fully saturated rings. The number of carbonyl (C=O) groups is 1. The highest BCUT2D eigenvalue weighted by atomic mass is 32.1. The van der Waals surface area contributed by atoms with E-state index in [1.165, 1.54) is 29.7 Å². The molecule has 2 unspecified atom stereocenters. The quantitative estimate of drug-likeness (QED) is 0.809. The Morgan fingerprint density at radius 1 is 1.35 bits per heavy atom. The number of hydrogen-bond donors (Lipinski definition) is 1. The summed E-state index contributed by atoms with van der Waals surface area (Å²) in [7, 11) is 0. The molecule has 0 radical (unpaired) electrons. The van der Waals surface area contributed by atoms with Gasteiger partial charge in [-0.25, -0.2) is 0 Å². The number of carbonyl (C=O) groups excluding carboxylic acids is 1. The molecule has 0 aromatic carbocycles. The van der Waals surface area contributed by atoms with Crippen LogP contribution in [0.2, 0.25) is 0 Å². The SMILES string of the molecule is CC1CN(C(=O)c2cc3c(s2)CCCCC3)CCC1O. The molecular weight excluding hydrogens is 270 g/mol. The Kier molecular flexibility index (Phi) is 4.13. The molecule has 0 bridgehead atoms. The Labute approximate surface area is 124 Å². The molecule has 0 saturated carbocycles. The van der Waals surface area contributed by atoms with Gasteiger partial charge in [-0.2, -0.15) is 0 Å². The lowest BCUT2D eigenvalue weighted by molar-refractivity contribution is 0.0300. The summed E-state index contributed by atoms with van der Waals surface area (Å²) < 4.78 is 0. The standard InChI is InChI=1S/C16H23NO2S/c1-11-10-17(8-7-13(11)18)16(19)15-9-12-5-3-2-4-6-14(12)20-15/h9,11,13,18H,2-8,10H2,1H3. The van der Waals surface area contributed by atoms with Gasteiger partial charge in [-0.1, -0.05) is 13.3 Å². The number of aliphatic hydroxyl groups is 1. The number of nitrogens with zero attached hydrogens (tertiary/aromatic N) is 1. The number of thiophene rings is 1. The normalized spacial score (nSPS) is 27.0. The summed E-state index contributed by atoms with van der Waals surface area (Å²) in [5, 5.41) is 9.78. The highest BCUT2D eigenvalue weighted by Crippen LogP contribution is 2.30. The Morgan fingerprint density at radius 3 is 2.95 bits per heavy atom. The van der Waals surface area contributed by atoms with E-state index in [1.54, 1.807) is 11.3 Å². The van der Waals surface area contributed by atoms with Gasteiger partial charge in [0.1, 0.15) is 0 Å². The van der Waals surface area contributed by atoms with E-state index in [0.717, 1.165) is 17.7 Å². The molecular formula is C16H23NO2S. The van der Waals surface area contributed by atoms with E-state index in [-0.39, 0.29) is 17.9 Å². The first-order chi connectivity index (χ1) is 9.65. The molecule has 0 spiro atoms. The van der Waals surface area contributed by atoms with Gasteiger partial charge in [0.2, 0.25) is 0 Å². The van der Waals surface area contributed by atoms with Gasteiger partial charge >= 0.3 is 0 Å². The summed E-state index contributed by atoms with van der Waals surface area (Å²) in [6, 6.07) is 2.13. The summed E-state index contributed by atoms with van der Waals surface area (Å²) in [4.78, 5) is 16.9. The molecule has 1 N–H and O–H groups in total. The molecule has 110 valence electrons. The van der Waals surface area contributed by atoms with Crippen LogP contribution in [0, 0.1) is 5.92 Å². The fourth-order valence-corrected chi connectivity index (χ4v) is 4.47. The van der Waals surface area contributed by atoms with Gasteiger partial charge < -0.3 is 10.0 Å². The minimum atomic E-state index is -0.251. The maximum Gasteiger partial charge on any atom is 0.263 e. The lowest BCUT2D eigenvalue weighted by atomic mass is 9.96. The van der Waals surface area contributed by atoms with E-state index in [9.17, 15) is 9.90 Å². The Bertz CT molecular complexity index is 473. The molecule has 1 aliphatic carbocycles. The summed E-state index contributed by atoms with van der Waals surface area (Å²) in [5.74, 6) is 0.354. The third-order valence-corrected chi connectivity index (χ3v) is 5.83. The molecule has 1 aromatic heterocycles. The van der Waals surface area contributed by atoms with Crippen molar-refractivity contribution in [2.45, 2.75) is 51.6 Å². The predicted octanol–water partition coefficient (Wildman–Crippen LogP) is 2.86. The first-order valence-corrected chi connectivity index (χ1v) is 8.55. The Balaban J connectivity index is 1.74. The van der Waals surface area contributed by atoms with Crippen molar-refractivity contribution in [1.82, 2.24) is 4.90 Å². The van der Waals surface area contributed by atoms with Crippen molar-refractivity contribution in [2.24, 2.45) is 5.92 Å². The second-order valence-electron chi connectivity index (χ2n) is 6.20. The number of hydrogen-bond acceptors (Lipinski definition) is 3. The van der Waals surface area contributed by atoms with Gasteiger partial charge in [-0.3, -0.25) is 4.79 Å². The largest absolute Gasteiger partial charge is 0.393 e. The molecule has 2 atom stereocenters. The zero-order valence-electron chi connectivity index (χ0n) is 12.1. The van der Waals surface area contributed by atoms with E-state index >= 15 is 0 Å². The Morgan fingerprint density at radius 2 is 2.15 bits per heavy atom. The van der Waals surface area contributed by atoms with E-state index in [0.29, 0.717) is 19.5 Å². The fraction of sp³-hybridized carbons (Fsp3) is 0.688. The maximum atomic E-state index is 12.6. The predicted molar refractivity (Wildman–Crippen MR) is 81.3 cm³/mol. The molecule has 1 amide bonds. The molecule has 2 heterocycles. The van der Waals surface area contributed by atoms with Crippen molar-refractivity contribution in [1.29, 1.82) is 0 Å². The first-order valence-electron chi connectivity index (χ1n) is 7.74. The monoisotopic (exact) mass is 293 g/mol.